The first-order valence-electron chi connectivity index (χ1n) is 7.49. The van der Waals surface area contributed by atoms with Crippen LogP contribution < -0.4 is 9.64 Å². The van der Waals surface area contributed by atoms with Gasteiger partial charge in [-0.15, -0.1) is 0 Å². The highest BCUT2D eigenvalue weighted by molar-refractivity contribution is 8.19. The molecule has 122 valence electrons. The summed E-state index contributed by atoms with van der Waals surface area (Å²) in [6.45, 7) is 3.88. The number of hydrogen-bond acceptors (Lipinski definition) is 4. The lowest BCUT2D eigenvalue weighted by atomic mass is 10.1. The zero-order chi connectivity index (χ0) is 17.3. The van der Waals surface area contributed by atoms with Crippen LogP contribution in [0.5, 0.6) is 5.75 Å². The summed E-state index contributed by atoms with van der Waals surface area (Å²) in [7, 11) is 1.58. The van der Waals surface area contributed by atoms with E-state index in [0.29, 0.717) is 16.3 Å². The summed E-state index contributed by atoms with van der Waals surface area (Å²) in [4.78, 5) is 26.7. The number of carbonyl (C=O) groups is 2. The molecule has 2 aromatic rings. The molecule has 1 saturated heterocycles. The number of ether oxygens (including phenoxy) is 1. The topological polar surface area (TPSA) is 46.6 Å². The molecular formula is C19H17NO3S. The van der Waals surface area contributed by atoms with E-state index in [0.717, 1.165) is 28.5 Å². The van der Waals surface area contributed by atoms with E-state index in [-0.39, 0.29) is 11.1 Å². The molecule has 24 heavy (non-hydrogen) atoms. The third-order valence-corrected chi connectivity index (χ3v) is 4.68. The molecule has 0 N–H and O–H groups in total. The minimum atomic E-state index is -0.303. The van der Waals surface area contributed by atoms with Crippen LogP contribution in [0.1, 0.15) is 16.7 Å². The van der Waals surface area contributed by atoms with Crippen molar-refractivity contribution in [2.45, 2.75) is 13.8 Å². The number of thioether (sulfide) groups is 1. The van der Waals surface area contributed by atoms with Crippen molar-refractivity contribution < 1.29 is 14.3 Å². The molecule has 0 spiro atoms. The van der Waals surface area contributed by atoms with Crippen LogP contribution in [0.4, 0.5) is 10.5 Å². The highest BCUT2D eigenvalue weighted by atomic mass is 32.2. The quantitative estimate of drug-likeness (QED) is 0.770. The number of methoxy groups -OCH3 is 1. The lowest BCUT2D eigenvalue weighted by Crippen LogP contribution is -2.28. The predicted molar refractivity (Wildman–Crippen MR) is 97.4 cm³/mol. The monoisotopic (exact) mass is 339 g/mol. The maximum Gasteiger partial charge on any atom is 0.298 e. The van der Waals surface area contributed by atoms with Gasteiger partial charge in [-0.2, -0.15) is 0 Å². The van der Waals surface area contributed by atoms with Gasteiger partial charge in [0.1, 0.15) is 5.75 Å². The number of para-hydroxylation sites is 1. The molecule has 0 bridgehead atoms. The molecular weight excluding hydrogens is 322 g/mol. The van der Waals surface area contributed by atoms with Crippen LogP contribution >= 0.6 is 11.8 Å². The number of rotatable bonds is 3. The lowest BCUT2D eigenvalue weighted by Gasteiger charge is -2.15. The fourth-order valence-electron chi connectivity index (χ4n) is 2.66. The van der Waals surface area contributed by atoms with Crippen LogP contribution in [-0.2, 0) is 4.79 Å². The van der Waals surface area contributed by atoms with Crippen LogP contribution in [0, 0.1) is 13.8 Å². The van der Waals surface area contributed by atoms with Crippen LogP contribution in [0.2, 0.25) is 0 Å². The highest BCUT2D eigenvalue weighted by Crippen LogP contribution is 2.38. The first-order valence-corrected chi connectivity index (χ1v) is 8.31. The summed E-state index contributed by atoms with van der Waals surface area (Å²) in [6.07, 6.45) is 1.70. The number of anilines is 1. The van der Waals surface area contributed by atoms with E-state index in [4.69, 9.17) is 4.74 Å². The van der Waals surface area contributed by atoms with Crippen LogP contribution in [0.25, 0.3) is 6.08 Å². The smallest absolute Gasteiger partial charge is 0.298 e. The van der Waals surface area contributed by atoms with Crippen LogP contribution in [-0.4, -0.2) is 18.3 Å². The summed E-state index contributed by atoms with van der Waals surface area (Å²) >= 11 is 0.947. The number of carbonyl (C=O) groups excluding carboxylic acids is 2. The number of hydrogen-bond donors (Lipinski definition) is 0. The molecule has 3 rings (SSSR count). The van der Waals surface area contributed by atoms with Gasteiger partial charge in [0, 0.05) is 5.56 Å². The summed E-state index contributed by atoms with van der Waals surface area (Å²) in [5.41, 5.74) is 3.39. The minimum Gasteiger partial charge on any atom is -0.496 e. The SMILES string of the molecule is COc1ccccc1/C=C1\SC(=O)N(c2ccc(C)cc2C)C1=O. The van der Waals surface area contributed by atoms with Gasteiger partial charge < -0.3 is 4.74 Å². The Bertz CT molecular complexity index is 857. The van der Waals surface area contributed by atoms with Gasteiger partial charge in [-0.3, -0.25) is 9.59 Å². The minimum absolute atomic E-state index is 0.284. The van der Waals surface area contributed by atoms with E-state index in [9.17, 15) is 9.59 Å². The van der Waals surface area contributed by atoms with Gasteiger partial charge >= 0.3 is 0 Å². The van der Waals surface area contributed by atoms with Crippen molar-refractivity contribution in [1.82, 2.24) is 0 Å². The Morgan fingerprint density at radius 3 is 2.54 bits per heavy atom. The molecule has 0 aliphatic carbocycles. The third-order valence-electron chi connectivity index (χ3n) is 3.81. The zero-order valence-electron chi connectivity index (χ0n) is 13.7. The first-order chi connectivity index (χ1) is 11.5. The van der Waals surface area contributed by atoms with E-state index in [1.165, 1.54) is 4.90 Å². The summed E-state index contributed by atoms with van der Waals surface area (Å²) < 4.78 is 5.30. The normalized spacial score (nSPS) is 16.1. The molecule has 4 nitrogen and oxygen atoms in total. The van der Waals surface area contributed by atoms with Crippen molar-refractivity contribution >= 4 is 34.7 Å². The third kappa shape index (κ3) is 2.95. The summed E-state index contributed by atoms with van der Waals surface area (Å²) in [6, 6.07) is 13.1. The standard InChI is InChI=1S/C19H17NO3S/c1-12-8-9-15(13(2)10-12)20-18(21)17(24-19(20)22)11-14-6-4-5-7-16(14)23-3/h4-11H,1-3H3/b17-11-. The number of nitrogens with zero attached hydrogens (tertiary/aromatic N) is 1. The van der Waals surface area contributed by atoms with Gasteiger partial charge in [-0.25, -0.2) is 4.90 Å². The number of amides is 2. The van der Waals surface area contributed by atoms with Crippen molar-refractivity contribution in [1.29, 1.82) is 0 Å². The lowest BCUT2D eigenvalue weighted by molar-refractivity contribution is -0.113. The molecule has 0 unspecified atom stereocenters. The maximum atomic E-state index is 12.7. The van der Waals surface area contributed by atoms with E-state index >= 15 is 0 Å². The molecule has 2 aromatic carbocycles. The molecule has 1 aliphatic rings. The average molecular weight is 339 g/mol. The van der Waals surface area contributed by atoms with E-state index in [1.54, 1.807) is 13.2 Å². The van der Waals surface area contributed by atoms with Gasteiger partial charge in [0.05, 0.1) is 17.7 Å². The Morgan fingerprint density at radius 2 is 1.83 bits per heavy atom. The Labute approximate surface area is 145 Å². The van der Waals surface area contributed by atoms with Crippen molar-refractivity contribution in [3.63, 3.8) is 0 Å². The molecule has 0 atom stereocenters. The van der Waals surface area contributed by atoms with Crippen molar-refractivity contribution in [2.24, 2.45) is 0 Å². The molecule has 0 radical (unpaired) electrons. The largest absolute Gasteiger partial charge is 0.496 e. The molecule has 1 heterocycles. The van der Waals surface area contributed by atoms with E-state index in [1.807, 2.05) is 56.3 Å². The number of benzene rings is 2. The second-order valence-corrected chi connectivity index (χ2v) is 6.54. The second kappa shape index (κ2) is 6.53. The van der Waals surface area contributed by atoms with Gasteiger partial charge in [-0.1, -0.05) is 35.9 Å². The van der Waals surface area contributed by atoms with E-state index in [2.05, 4.69) is 0 Å². The summed E-state index contributed by atoms with van der Waals surface area (Å²) in [5.74, 6) is 0.360. The fraction of sp³-hybridized carbons (Fsp3) is 0.158. The van der Waals surface area contributed by atoms with Crippen LogP contribution in [0.3, 0.4) is 0 Å². The molecule has 0 aromatic heterocycles. The Morgan fingerprint density at radius 1 is 1.08 bits per heavy atom. The van der Waals surface area contributed by atoms with E-state index < -0.39 is 0 Å². The van der Waals surface area contributed by atoms with Crippen molar-refractivity contribution in [3.05, 3.63) is 64.1 Å². The second-order valence-electron chi connectivity index (χ2n) is 5.55. The zero-order valence-corrected chi connectivity index (χ0v) is 14.5. The Kier molecular flexibility index (Phi) is 4.44. The molecule has 5 heteroatoms. The van der Waals surface area contributed by atoms with Gasteiger partial charge in [-0.05, 0) is 49.4 Å². The summed E-state index contributed by atoms with van der Waals surface area (Å²) in [5, 5.41) is -0.284. The average Bonchev–Trinajstić information content (AvgIpc) is 2.83. The molecule has 2 amide bonds. The van der Waals surface area contributed by atoms with Crippen LogP contribution in [0.15, 0.2) is 47.4 Å². The number of imide groups is 1. The van der Waals surface area contributed by atoms with Crippen molar-refractivity contribution in [3.8, 4) is 5.75 Å². The Balaban J connectivity index is 1.99. The Hall–Kier alpha value is -2.53. The first kappa shape index (κ1) is 16.3. The maximum absolute atomic E-state index is 12.7. The highest BCUT2D eigenvalue weighted by Gasteiger charge is 2.37. The van der Waals surface area contributed by atoms with Gasteiger partial charge in [0.2, 0.25) is 0 Å². The molecule has 1 fully saturated rings. The fourth-order valence-corrected chi connectivity index (χ4v) is 3.48. The molecule has 1 aliphatic heterocycles. The van der Waals surface area contributed by atoms with Gasteiger partial charge in [0.15, 0.2) is 0 Å². The predicted octanol–water partition coefficient (Wildman–Crippen LogP) is 4.55. The van der Waals surface area contributed by atoms with Crippen molar-refractivity contribution in [2.75, 3.05) is 12.0 Å². The number of aryl methyl sites for hydroxylation is 2. The van der Waals surface area contributed by atoms with Gasteiger partial charge in [0.25, 0.3) is 11.1 Å². The molecule has 0 saturated carbocycles.